The fourth-order valence-electron chi connectivity index (χ4n) is 2.56. The number of hydrogen-bond donors (Lipinski definition) is 1. The van der Waals surface area contributed by atoms with Gasteiger partial charge in [-0.2, -0.15) is 4.31 Å². The standard InChI is InChI=1S/C17H18N3O4S2/c21-15(6-9-26(23,24)20-8-7-18-16(22)11-20)14-12-25-17(19-14)10-13-4-2-1-3-5-13/h1-5H,6-11H2,(H,18,22). The zero-order chi connectivity index (χ0) is 18.6. The minimum Gasteiger partial charge on any atom is -0.354 e. The van der Waals surface area contributed by atoms with E-state index in [0.29, 0.717) is 6.42 Å². The van der Waals surface area contributed by atoms with Crippen molar-refractivity contribution in [3.8, 4) is 0 Å². The van der Waals surface area contributed by atoms with E-state index in [1.54, 1.807) is 0 Å². The molecule has 0 saturated carbocycles. The van der Waals surface area contributed by atoms with Crippen LogP contribution in [0.15, 0.2) is 30.3 Å². The Morgan fingerprint density at radius 1 is 1.31 bits per heavy atom. The van der Waals surface area contributed by atoms with Gasteiger partial charge in [-0.05, 0) is 5.56 Å². The molecule has 2 aromatic rings. The third-order valence-corrected chi connectivity index (χ3v) is 6.53. The van der Waals surface area contributed by atoms with Crippen molar-refractivity contribution < 1.29 is 18.0 Å². The zero-order valence-electron chi connectivity index (χ0n) is 14.0. The maximum Gasteiger partial charge on any atom is 0.235 e. The highest BCUT2D eigenvalue weighted by Crippen LogP contribution is 2.16. The molecule has 0 bridgehead atoms. The zero-order valence-corrected chi connectivity index (χ0v) is 15.6. The third-order valence-electron chi connectivity index (χ3n) is 3.95. The van der Waals surface area contributed by atoms with Gasteiger partial charge in [0.15, 0.2) is 5.78 Å². The largest absolute Gasteiger partial charge is 0.354 e. The summed E-state index contributed by atoms with van der Waals surface area (Å²) in [6, 6.07) is 9.75. The number of nitrogens with zero attached hydrogens (tertiary/aromatic N) is 2. The van der Waals surface area contributed by atoms with Gasteiger partial charge in [0.1, 0.15) is 5.69 Å². The van der Waals surface area contributed by atoms with Crippen molar-refractivity contribution in [2.75, 3.05) is 25.4 Å². The highest BCUT2D eigenvalue weighted by molar-refractivity contribution is 7.89. The van der Waals surface area contributed by atoms with E-state index in [0.717, 1.165) is 14.9 Å². The van der Waals surface area contributed by atoms with Gasteiger partial charge in [-0.25, -0.2) is 13.4 Å². The lowest BCUT2D eigenvalue weighted by Crippen LogP contribution is -2.50. The van der Waals surface area contributed by atoms with E-state index in [9.17, 15) is 18.0 Å². The van der Waals surface area contributed by atoms with Crippen LogP contribution >= 0.6 is 11.3 Å². The summed E-state index contributed by atoms with van der Waals surface area (Å²) in [7, 11) is -3.65. The molecule has 1 amide bonds. The number of carbonyl (C=O) groups excluding carboxylic acids is 2. The third kappa shape index (κ3) is 4.75. The van der Waals surface area contributed by atoms with E-state index in [2.05, 4.69) is 15.7 Å². The van der Waals surface area contributed by atoms with Gasteiger partial charge in [0.05, 0.1) is 22.7 Å². The Labute approximate surface area is 156 Å². The summed E-state index contributed by atoms with van der Waals surface area (Å²) in [6.07, 6.45) is 0.432. The van der Waals surface area contributed by atoms with Gasteiger partial charge in [-0.3, -0.25) is 9.59 Å². The van der Waals surface area contributed by atoms with Crippen LogP contribution in [0.1, 0.15) is 27.5 Å². The van der Waals surface area contributed by atoms with Gasteiger partial charge in [0.25, 0.3) is 0 Å². The summed E-state index contributed by atoms with van der Waals surface area (Å²) >= 11 is 1.26. The molecule has 1 aliphatic rings. The summed E-state index contributed by atoms with van der Waals surface area (Å²) in [6.45, 7) is 0.321. The molecule has 1 aromatic heterocycles. The van der Waals surface area contributed by atoms with Crippen LogP contribution in [0.5, 0.6) is 0 Å². The van der Waals surface area contributed by atoms with Crippen molar-refractivity contribution in [3.63, 3.8) is 0 Å². The second-order valence-corrected chi connectivity index (χ2v) is 8.86. The van der Waals surface area contributed by atoms with Gasteiger partial charge < -0.3 is 5.32 Å². The number of sulfonamides is 1. The predicted octanol–water partition coefficient (Wildman–Crippen LogP) is 0.868. The molecule has 2 heterocycles. The number of Topliss-reactive ketones (excluding diaryl/α,β-unsaturated/α-hetero) is 1. The van der Waals surface area contributed by atoms with Crippen molar-refractivity contribution in [2.45, 2.75) is 12.8 Å². The van der Waals surface area contributed by atoms with Crippen molar-refractivity contribution >= 4 is 33.1 Å². The number of carbonyl (C=O) groups is 2. The molecule has 0 aliphatic carbocycles. The molecular weight excluding hydrogens is 374 g/mol. The summed E-state index contributed by atoms with van der Waals surface area (Å²) < 4.78 is 25.7. The van der Waals surface area contributed by atoms with Gasteiger partial charge in [-0.1, -0.05) is 30.3 Å². The first kappa shape index (κ1) is 18.7. The minimum atomic E-state index is -3.65. The molecule has 9 heteroatoms. The Hall–Kier alpha value is -2.10. The molecule has 1 radical (unpaired) electrons. The second-order valence-electron chi connectivity index (χ2n) is 5.89. The number of nitrogens with one attached hydrogen (secondary N) is 1. The molecule has 1 aliphatic heterocycles. The molecule has 0 unspecified atom stereocenters. The minimum absolute atomic E-state index is 0.174. The fourth-order valence-corrected chi connectivity index (χ4v) is 4.70. The smallest absolute Gasteiger partial charge is 0.235 e. The van der Waals surface area contributed by atoms with Crippen LogP contribution in [0.25, 0.3) is 0 Å². The Kier molecular flexibility index (Phi) is 5.80. The van der Waals surface area contributed by atoms with Crippen molar-refractivity contribution in [1.82, 2.24) is 14.6 Å². The number of hydrogen-bond acceptors (Lipinski definition) is 6. The molecule has 1 aromatic carbocycles. The number of rotatable bonds is 7. The Bertz CT molecular complexity index is 894. The molecule has 0 atom stereocenters. The van der Waals surface area contributed by atoms with E-state index >= 15 is 0 Å². The van der Waals surface area contributed by atoms with Crippen LogP contribution in [-0.4, -0.2) is 54.8 Å². The highest BCUT2D eigenvalue weighted by Gasteiger charge is 2.28. The summed E-state index contributed by atoms with van der Waals surface area (Å²) in [5, 5.41) is 6.19. The average Bonchev–Trinajstić information content (AvgIpc) is 3.09. The van der Waals surface area contributed by atoms with Crippen LogP contribution in [0.2, 0.25) is 0 Å². The van der Waals surface area contributed by atoms with Gasteiger partial charge >= 0.3 is 0 Å². The molecular formula is C17H18N3O4S2. The molecule has 1 N–H and O–H groups in total. The number of thiazole rings is 1. The average molecular weight is 392 g/mol. The normalized spacial score (nSPS) is 15.6. The van der Waals surface area contributed by atoms with Crippen LogP contribution in [-0.2, 0) is 21.2 Å². The summed E-state index contributed by atoms with van der Waals surface area (Å²) in [5.74, 6) is -1.02. The lowest BCUT2D eigenvalue weighted by atomic mass is 10.2. The first-order valence-corrected chi connectivity index (χ1v) is 10.6. The number of aromatic nitrogens is 1. The molecule has 3 rings (SSSR count). The van der Waals surface area contributed by atoms with Crippen molar-refractivity contribution in [3.05, 3.63) is 52.0 Å². The molecule has 0 spiro atoms. The lowest BCUT2D eigenvalue weighted by molar-refractivity contribution is -0.122. The number of amides is 1. The maximum absolute atomic E-state index is 12.3. The van der Waals surface area contributed by atoms with Gasteiger partial charge in [0.2, 0.25) is 15.9 Å². The molecule has 137 valence electrons. The van der Waals surface area contributed by atoms with Gasteiger partial charge in [-0.15, -0.1) is 11.3 Å². The van der Waals surface area contributed by atoms with Crippen LogP contribution in [0.4, 0.5) is 0 Å². The fraction of sp³-hybridized carbons (Fsp3) is 0.353. The molecule has 1 fully saturated rings. The maximum atomic E-state index is 12.3. The van der Waals surface area contributed by atoms with Crippen molar-refractivity contribution in [1.29, 1.82) is 0 Å². The van der Waals surface area contributed by atoms with E-state index in [-0.39, 0.29) is 49.2 Å². The van der Waals surface area contributed by atoms with Crippen LogP contribution in [0, 0.1) is 5.38 Å². The number of benzene rings is 1. The number of ketones is 1. The van der Waals surface area contributed by atoms with E-state index in [1.165, 1.54) is 11.3 Å². The van der Waals surface area contributed by atoms with Gasteiger partial charge in [0, 0.05) is 25.9 Å². The Morgan fingerprint density at radius 3 is 2.81 bits per heavy atom. The number of piperazine rings is 1. The predicted molar refractivity (Wildman–Crippen MR) is 97.5 cm³/mol. The first-order chi connectivity index (χ1) is 12.4. The molecule has 7 nitrogen and oxygen atoms in total. The summed E-state index contributed by atoms with van der Waals surface area (Å²) in [4.78, 5) is 27.9. The van der Waals surface area contributed by atoms with Crippen LogP contribution in [0.3, 0.4) is 0 Å². The Balaban J connectivity index is 1.57. The van der Waals surface area contributed by atoms with Crippen LogP contribution < -0.4 is 5.32 Å². The quantitative estimate of drug-likeness (QED) is 0.706. The van der Waals surface area contributed by atoms with E-state index in [4.69, 9.17) is 0 Å². The monoisotopic (exact) mass is 392 g/mol. The highest BCUT2D eigenvalue weighted by atomic mass is 32.2. The molecule has 1 saturated heterocycles. The Morgan fingerprint density at radius 2 is 2.08 bits per heavy atom. The SMILES string of the molecule is O=C1CN(S(=O)(=O)CCC(=O)c2[c]sc(Cc3ccccc3)n2)CCN1. The summed E-state index contributed by atoms with van der Waals surface area (Å²) in [5.41, 5.74) is 1.26. The van der Waals surface area contributed by atoms with E-state index < -0.39 is 10.0 Å². The van der Waals surface area contributed by atoms with Crippen molar-refractivity contribution in [2.24, 2.45) is 0 Å². The second kappa shape index (κ2) is 8.07. The topological polar surface area (TPSA) is 96.4 Å². The first-order valence-electron chi connectivity index (χ1n) is 8.13. The van der Waals surface area contributed by atoms with E-state index in [1.807, 2.05) is 30.3 Å². The molecule has 26 heavy (non-hydrogen) atoms. The lowest BCUT2D eigenvalue weighted by Gasteiger charge is -2.25.